The van der Waals surface area contributed by atoms with Gasteiger partial charge < -0.3 is 5.73 Å². The van der Waals surface area contributed by atoms with Crippen molar-refractivity contribution < 1.29 is 0 Å². The Balaban J connectivity index is 0.000000561. The maximum Gasteiger partial charge on any atom is 0.0178 e. The normalized spacial score (nSPS) is 8.67. The summed E-state index contributed by atoms with van der Waals surface area (Å²) in [6, 6.07) is 8.42. The first-order valence-electron chi connectivity index (χ1n) is 4.64. The van der Waals surface area contributed by atoms with E-state index in [4.69, 9.17) is 5.73 Å². The van der Waals surface area contributed by atoms with Crippen molar-refractivity contribution in [2.24, 2.45) is 5.73 Å². The molecule has 1 aromatic rings. The number of rotatable bonds is 2. The molecule has 0 aliphatic carbocycles. The van der Waals surface area contributed by atoms with Gasteiger partial charge in [0.25, 0.3) is 0 Å². The van der Waals surface area contributed by atoms with Gasteiger partial charge in [-0.15, -0.1) is 0 Å². The molecule has 0 atom stereocenters. The molecule has 0 saturated carbocycles. The van der Waals surface area contributed by atoms with Gasteiger partial charge >= 0.3 is 0 Å². The highest BCUT2D eigenvalue weighted by Gasteiger charge is 1.88. The Morgan fingerprint density at radius 2 is 1.42 bits per heavy atom. The first-order valence-corrected chi connectivity index (χ1v) is 4.64. The van der Waals surface area contributed by atoms with Gasteiger partial charge in [0.1, 0.15) is 0 Å². The summed E-state index contributed by atoms with van der Waals surface area (Å²) in [6.07, 6.45) is 1.10. The minimum Gasteiger partial charge on any atom is -0.326 e. The molecule has 0 heterocycles. The average Bonchev–Trinajstić information content (AvgIpc) is 2.21. The molecule has 12 heavy (non-hydrogen) atoms. The summed E-state index contributed by atoms with van der Waals surface area (Å²) >= 11 is 0. The van der Waals surface area contributed by atoms with Gasteiger partial charge in [-0.05, 0) is 17.5 Å². The van der Waals surface area contributed by atoms with Crippen molar-refractivity contribution in [2.75, 3.05) is 0 Å². The van der Waals surface area contributed by atoms with Gasteiger partial charge in [0, 0.05) is 6.54 Å². The summed E-state index contributed by atoms with van der Waals surface area (Å²) in [4.78, 5) is 0. The minimum atomic E-state index is 0.643. The third kappa shape index (κ3) is 3.54. The average molecular weight is 165 g/mol. The Hall–Kier alpha value is -0.820. The zero-order chi connectivity index (χ0) is 9.40. The monoisotopic (exact) mass is 165 g/mol. The minimum absolute atomic E-state index is 0.643. The van der Waals surface area contributed by atoms with Crippen LogP contribution in [0.15, 0.2) is 24.3 Å². The quantitative estimate of drug-likeness (QED) is 0.716. The van der Waals surface area contributed by atoms with E-state index in [1.165, 1.54) is 11.1 Å². The van der Waals surface area contributed by atoms with E-state index in [-0.39, 0.29) is 0 Å². The van der Waals surface area contributed by atoms with Gasteiger partial charge in [-0.1, -0.05) is 45.0 Å². The molecule has 0 bridgehead atoms. The fourth-order valence-corrected chi connectivity index (χ4v) is 0.911. The molecule has 0 fully saturated rings. The Morgan fingerprint density at radius 3 is 1.75 bits per heavy atom. The third-order valence-electron chi connectivity index (χ3n) is 1.67. The van der Waals surface area contributed by atoms with Crippen molar-refractivity contribution in [2.45, 2.75) is 33.7 Å². The van der Waals surface area contributed by atoms with Crippen molar-refractivity contribution in [3.05, 3.63) is 35.4 Å². The lowest BCUT2D eigenvalue weighted by Crippen LogP contribution is -1.95. The summed E-state index contributed by atoms with van der Waals surface area (Å²) < 4.78 is 0. The van der Waals surface area contributed by atoms with E-state index in [1.807, 2.05) is 13.8 Å². The van der Waals surface area contributed by atoms with E-state index < -0.39 is 0 Å². The molecule has 0 aliphatic heterocycles. The molecule has 2 N–H and O–H groups in total. The summed E-state index contributed by atoms with van der Waals surface area (Å²) in [7, 11) is 0. The third-order valence-corrected chi connectivity index (χ3v) is 1.67. The largest absolute Gasteiger partial charge is 0.326 e. The van der Waals surface area contributed by atoms with Crippen LogP contribution in [0.25, 0.3) is 0 Å². The van der Waals surface area contributed by atoms with Crippen molar-refractivity contribution in [1.82, 2.24) is 0 Å². The standard InChI is InChI=1S/C9H13N.C2H6/c1-2-8-3-5-9(7-10)6-4-8;1-2/h3-6H,2,7,10H2,1H3;1-2H3. The van der Waals surface area contributed by atoms with E-state index in [1.54, 1.807) is 0 Å². The lowest BCUT2D eigenvalue weighted by atomic mass is 10.1. The SMILES string of the molecule is CC.CCc1ccc(CN)cc1. The van der Waals surface area contributed by atoms with Gasteiger partial charge in [-0.2, -0.15) is 0 Å². The number of nitrogens with two attached hydrogens (primary N) is 1. The molecule has 1 aromatic carbocycles. The predicted octanol–water partition coefficient (Wildman–Crippen LogP) is 2.73. The van der Waals surface area contributed by atoms with Crippen molar-refractivity contribution in [3.63, 3.8) is 0 Å². The molecule has 0 aromatic heterocycles. The molecule has 1 nitrogen and oxygen atoms in total. The van der Waals surface area contributed by atoms with Crippen molar-refractivity contribution in [1.29, 1.82) is 0 Å². The highest BCUT2D eigenvalue weighted by Crippen LogP contribution is 2.03. The van der Waals surface area contributed by atoms with Crippen LogP contribution in [0.4, 0.5) is 0 Å². The van der Waals surface area contributed by atoms with Crippen LogP contribution >= 0.6 is 0 Å². The van der Waals surface area contributed by atoms with Gasteiger partial charge in [0.15, 0.2) is 0 Å². The van der Waals surface area contributed by atoms with E-state index in [9.17, 15) is 0 Å². The summed E-state index contributed by atoms with van der Waals surface area (Å²) in [5.41, 5.74) is 8.02. The summed E-state index contributed by atoms with van der Waals surface area (Å²) in [6.45, 7) is 6.79. The Bertz CT molecular complexity index is 166. The van der Waals surface area contributed by atoms with Crippen molar-refractivity contribution in [3.8, 4) is 0 Å². The van der Waals surface area contributed by atoms with Crippen LogP contribution in [0.1, 0.15) is 31.9 Å². The van der Waals surface area contributed by atoms with E-state index in [0.717, 1.165) is 6.42 Å². The lowest BCUT2D eigenvalue weighted by Gasteiger charge is -1.97. The van der Waals surface area contributed by atoms with Crippen LogP contribution in [0.2, 0.25) is 0 Å². The molecular weight excluding hydrogens is 146 g/mol. The van der Waals surface area contributed by atoms with Crippen LogP contribution in [-0.4, -0.2) is 0 Å². The van der Waals surface area contributed by atoms with Gasteiger partial charge in [-0.25, -0.2) is 0 Å². The summed E-state index contributed by atoms with van der Waals surface area (Å²) in [5, 5.41) is 0. The number of hydrogen-bond acceptors (Lipinski definition) is 1. The van der Waals surface area contributed by atoms with E-state index in [0.29, 0.717) is 6.54 Å². The van der Waals surface area contributed by atoms with Crippen molar-refractivity contribution >= 4 is 0 Å². The Kier molecular flexibility index (Phi) is 6.39. The Labute approximate surface area is 75.6 Å². The van der Waals surface area contributed by atoms with Crippen LogP contribution in [-0.2, 0) is 13.0 Å². The fraction of sp³-hybridized carbons (Fsp3) is 0.455. The highest BCUT2D eigenvalue weighted by molar-refractivity contribution is 5.21. The smallest absolute Gasteiger partial charge is 0.0178 e. The van der Waals surface area contributed by atoms with Crippen LogP contribution in [0, 0.1) is 0 Å². The molecule has 68 valence electrons. The first kappa shape index (κ1) is 11.2. The second-order valence-corrected chi connectivity index (χ2v) is 2.37. The van der Waals surface area contributed by atoms with E-state index in [2.05, 4.69) is 31.2 Å². The second kappa shape index (κ2) is 6.86. The molecule has 0 amide bonds. The second-order valence-electron chi connectivity index (χ2n) is 2.37. The number of aryl methyl sites for hydroxylation is 1. The molecule has 0 spiro atoms. The topological polar surface area (TPSA) is 26.0 Å². The predicted molar refractivity (Wildman–Crippen MR) is 55.1 cm³/mol. The zero-order valence-corrected chi connectivity index (χ0v) is 8.30. The fourth-order valence-electron chi connectivity index (χ4n) is 0.911. The lowest BCUT2D eigenvalue weighted by molar-refractivity contribution is 1.06. The maximum absolute atomic E-state index is 5.44. The van der Waals surface area contributed by atoms with E-state index >= 15 is 0 Å². The first-order chi connectivity index (χ1) is 5.86. The number of benzene rings is 1. The number of hydrogen-bond donors (Lipinski definition) is 1. The molecular formula is C11H19N. The van der Waals surface area contributed by atoms with Crippen LogP contribution in [0.5, 0.6) is 0 Å². The molecule has 0 unspecified atom stereocenters. The molecule has 1 heteroatoms. The van der Waals surface area contributed by atoms with Crippen LogP contribution < -0.4 is 5.73 Å². The van der Waals surface area contributed by atoms with Gasteiger partial charge in [0.05, 0.1) is 0 Å². The maximum atomic E-state index is 5.44. The Morgan fingerprint density at radius 1 is 1.00 bits per heavy atom. The molecule has 1 rings (SSSR count). The van der Waals surface area contributed by atoms with Crippen LogP contribution in [0.3, 0.4) is 0 Å². The molecule has 0 radical (unpaired) electrons. The van der Waals surface area contributed by atoms with Gasteiger partial charge in [0.2, 0.25) is 0 Å². The molecule has 0 aliphatic rings. The van der Waals surface area contributed by atoms with Gasteiger partial charge in [-0.3, -0.25) is 0 Å². The highest BCUT2D eigenvalue weighted by atomic mass is 14.5. The summed E-state index contributed by atoms with van der Waals surface area (Å²) in [5.74, 6) is 0. The molecule has 0 saturated heterocycles. The zero-order valence-electron chi connectivity index (χ0n) is 8.30.